The molecule has 0 radical (unpaired) electrons. The molecular formula is C12H17N3O2. The predicted molar refractivity (Wildman–Crippen MR) is 64.0 cm³/mol. The van der Waals surface area contributed by atoms with Gasteiger partial charge in [0.2, 0.25) is 0 Å². The molecule has 2 N–H and O–H groups in total. The van der Waals surface area contributed by atoms with Gasteiger partial charge >= 0.3 is 5.97 Å². The molecule has 0 aromatic carbocycles. The van der Waals surface area contributed by atoms with Gasteiger partial charge in [-0.3, -0.25) is 0 Å². The number of carboxylic acid groups (broad SMARTS) is 1. The minimum absolute atomic E-state index is 0.0222. The molecule has 17 heavy (non-hydrogen) atoms. The van der Waals surface area contributed by atoms with E-state index in [0.717, 1.165) is 0 Å². The van der Waals surface area contributed by atoms with Gasteiger partial charge in [0.25, 0.3) is 0 Å². The Morgan fingerprint density at radius 3 is 2.24 bits per heavy atom. The molecule has 1 aliphatic carbocycles. The number of nitrogens with zero attached hydrogens (tertiary/aromatic N) is 2. The van der Waals surface area contributed by atoms with Crippen LogP contribution < -0.4 is 5.32 Å². The second-order valence-corrected chi connectivity index (χ2v) is 5.58. The highest BCUT2D eigenvalue weighted by Gasteiger charge is 2.65. The summed E-state index contributed by atoms with van der Waals surface area (Å²) in [6.45, 7) is 8.62. The van der Waals surface area contributed by atoms with E-state index in [1.807, 2.05) is 0 Å². The molecule has 2 rings (SSSR count). The third-order valence-electron chi connectivity index (χ3n) is 4.20. The summed E-state index contributed by atoms with van der Waals surface area (Å²) < 4.78 is 0. The largest absolute Gasteiger partial charge is 0.476 e. The maximum atomic E-state index is 11.0. The van der Waals surface area contributed by atoms with Gasteiger partial charge in [-0.15, -0.1) is 0 Å². The first-order valence-electron chi connectivity index (χ1n) is 5.59. The van der Waals surface area contributed by atoms with E-state index >= 15 is 0 Å². The summed E-state index contributed by atoms with van der Waals surface area (Å²) in [5, 5.41) is 12.2. The molecule has 0 aliphatic heterocycles. The lowest BCUT2D eigenvalue weighted by Crippen LogP contribution is -2.15. The van der Waals surface area contributed by atoms with Gasteiger partial charge in [-0.1, -0.05) is 27.7 Å². The minimum atomic E-state index is -1.06. The Balaban J connectivity index is 2.25. The number of hydrogen-bond donors (Lipinski definition) is 2. The topological polar surface area (TPSA) is 75.1 Å². The highest BCUT2D eigenvalue weighted by atomic mass is 16.4. The van der Waals surface area contributed by atoms with Gasteiger partial charge in [0.05, 0.1) is 0 Å². The third-order valence-corrected chi connectivity index (χ3v) is 4.20. The zero-order chi connectivity index (χ0) is 12.8. The van der Waals surface area contributed by atoms with Crippen LogP contribution in [-0.4, -0.2) is 27.1 Å². The maximum Gasteiger partial charge on any atom is 0.358 e. The Kier molecular flexibility index (Phi) is 2.38. The zero-order valence-electron chi connectivity index (χ0n) is 10.5. The second kappa shape index (κ2) is 3.42. The summed E-state index contributed by atoms with van der Waals surface area (Å²) in [5.74, 6) is -0.708. The van der Waals surface area contributed by atoms with Crippen LogP contribution in [0, 0.1) is 10.8 Å². The van der Waals surface area contributed by atoms with Crippen LogP contribution >= 0.6 is 0 Å². The van der Waals surface area contributed by atoms with Crippen molar-refractivity contribution in [2.75, 3.05) is 5.32 Å². The van der Waals surface area contributed by atoms with Gasteiger partial charge in [-0.05, 0) is 10.8 Å². The van der Waals surface area contributed by atoms with Crippen molar-refractivity contribution in [3.63, 3.8) is 0 Å². The molecule has 1 aromatic rings. The van der Waals surface area contributed by atoms with E-state index in [9.17, 15) is 4.79 Å². The van der Waals surface area contributed by atoms with Gasteiger partial charge in [-0.25, -0.2) is 14.8 Å². The van der Waals surface area contributed by atoms with Gasteiger partial charge in [0, 0.05) is 18.4 Å². The van der Waals surface area contributed by atoms with Crippen LogP contribution in [-0.2, 0) is 0 Å². The fraction of sp³-hybridized carbons (Fsp3) is 0.583. The number of hydrogen-bond acceptors (Lipinski definition) is 4. The normalized spacial score (nSPS) is 20.9. The van der Waals surface area contributed by atoms with Crippen LogP contribution in [0.1, 0.15) is 38.2 Å². The first-order valence-corrected chi connectivity index (χ1v) is 5.59. The molecule has 1 fully saturated rings. The predicted octanol–water partition coefficient (Wildman–Crippen LogP) is 2.02. The molecule has 1 aliphatic rings. The van der Waals surface area contributed by atoms with E-state index in [-0.39, 0.29) is 22.6 Å². The summed E-state index contributed by atoms with van der Waals surface area (Å²) >= 11 is 0. The molecule has 1 saturated carbocycles. The summed E-state index contributed by atoms with van der Waals surface area (Å²) in [6.07, 6.45) is 2.88. The monoisotopic (exact) mass is 235 g/mol. The summed E-state index contributed by atoms with van der Waals surface area (Å²) in [6, 6.07) is 0.213. The molecular weight excluding hydrogens is 218 g/mol. The number of rotatable bonds is 3. The number of anilines is 1. The molecule has 0 amide bonds. The van der Waals surface area contributed by atoms with Crippen molar-refractivity contribution in [3.8, 4) is 0 Å². The van der Waals surface area contributed by atoms with Crippen LogP contribution in [0.2, 0.25) is 0 Å². The average molecular weight is 235 g/mol. The Morgan fingerprint density at radius 2 is 1.76 bits per heavy atom. The van der Waals surface area contributed by atoms with Crippen molar-refractivity contribution in [3.05, 3.63) is 18.1 Å². The molecule has 0 spiro atoms. The first kappa shape index (κ1) is 11.8. The summed E-state index contributed by atoms with van der Waals surface area (Å²) in [5.41, 5.74) is 0.228. The molecule has 0 bridgehead atoms. The molecule has 1 aromatic heterocycles. The lowest BCUT2D eigenvalue weighted by Gasteiger charge is -2.08. The van der Waals surface area contributed by atoms with Crippen LogP contribution in [0.5, 0.6) is 0 Å². The molecule has 0 saturated heterocycles. The van der Waals surface area contributed by atoms with Gasteiger partial charge < -0.3 is 10.4 Å². The van der Waals surface area contributed by atoms with Crippen molar-refractivity contribution in [1.29, 1.82) is 0 Å². The fourth-order valence-electron chi connectivity index (χ4n) is 2.29. The van der Waals surface area contributed by atoms with Crippen molar-refractivity contribution < 1.29 is 9.90 Å². The van der Waals surface area contributed by atoms with E-state index in [1.54, 1.807) is 0 Å². The highest BCUT2D eigenvalue weighted by molar-refractivity contribution is 5.90. The van der Waals surface area contributed by atoms with Crippen molar-refractivity contribution >= 4 is 11.8 Å². The van der Waals surface area contributed by atoms with Gasteiger partial charge in [-0.2, -0.15) is 0 Å². The number of carbonyl (C=O) groups is 1. The molecule has 92 valence electrons. The Labute approximate surface area is 100 Å². The molecule has 0 atom stereocenters. The lowest BCUT2D eigenvalue weighted by molar-refractivity contribution is 0.0691. The highest BCUT2D eigenvalue weighted by Crippen LogP contribution is 2.63. The molecule has 0 unspecified atom stereocenters. The standard InChI is InChI=1S/C12H17N3O2/c1-11(2)10(12(11,3)4)15-8-7(9(16)17)13-5-6-14-8/h5-6,10H,1-4H3,(H,14,15)(H,16,17). The van der Waals surface area contributed by atoms with E-state index in [2.05, 4.69) is 43.0 Å². The van der Waals surface area contributed by atoms with Crippen molar-refractivity contribution in [1.82, 2.24) is 9.97 Å². The first-order chi connectivity index (χ1) is 7.78. The smallest absolute Gasteiger partial charge is 0.358 e. The average Bonchev–Trinajstić information content (AvgIpc) is 2.61. The van der Waals surface area contributed by atoms with E-state index in [1.165, 1.54) is 12.4 Å². The molecule has 5 nitrogen and oxygen atoms in total. The van der Waals surface area contributed by atoms with Crippen LogP contribution in [0.4, 0.5) is 5.82 Å². The number of carboxylic acids is 1. The van der Waals surface area contributed by atoms with E-state index < -0.39 is 5.97 Å². The quantitative estimate of drug-likeness (QED) is 0.838. The minimum Gasteiger partial charge on any atom is -0.476 e. The summed E-state index contributed by atoms with van der Waals surface area (Å²) in [7, 11) is 0. The zero-order valence-corrected chi connectivity index (χ0v) is 10.5. The van der Waals surface area contributed by atoms with Crippen molar-refractivity contribution in [2.24, 2.45) is 10.8 Å². The molecule has 5 heteroatoms. The van der Waals surface area contributed by atoms with Gasteiger partial charge in [0.1, 0.15) is 0 Å². The Morgan fingerprint density at radius 1 is 1.24 bits per heavy atom. The molecule has 1 heterocycles. The van der Waals surface area contributed by atoms with E-state index in [4.69, 9.17) is 5.11 Å². The Hall–Kier alpha value is -1.65. The number of aromatic nitrogens is 2. The number of aromatic carboxylic acids is 1. The Bertz CT molecular complexity index is 455. The third kappa shape index (κ3) is 1.66. The van der Waals surface area contributed by atoms with Gasteiger partial charge in [0.15, 0.2) is 11.5 Å². The SMILES string of the molecule is CC1(C)C(Nc2nccnc2C(=O)O)C1(C)C. The van der Waals surface area contributed by atoms with Crippen LogP contribution in [0.3, 0.4) is 0 Å². The fourth-order valence-corrected chi connectivity index (χ4v) is 2.29. The maximum absolute atomic E-state index is 11.0. The summed E-state index contributed by atoms with van der Waals surface area (Å²) in [4.78, 5) is 18.9. The second-order valence-electron chi connectivity index (χ2n) is 5.58. The van der Waals surface area contributed by atoms with Crippen LogP contribution in [0.25, 0.3) is 0 Å². The van der Waals surface area contributed by atoms with Crippen LogP contribution in [0.15, 0.2) is 12.4 Å². The lowest BCUT2D eigenvalue weighted by atomic mass is 10.0. The van der Waals surface area contributed by atoms with Crippen molar-refractivity contribution in [2.45, 2.75) is 33.7 Å². The number of nitrogens with one attached hydrogen (secondary N) is 1. The van der Waals surface area contributed by atoms with E-state index in [0.29, 0.717) is 5.82 Å².